The van der Waals surface area contributed by atoms with Gasteiger partial charge in [0, 0.05) is 0 Å². The molecular weight excluding hydrogens is 211 g/mol. The van der Waals surface area contributed by atoms with Gasteiger partial charge < -0.3 is 5.11 Å². The lowest BCUT2D eigenvalue weighted by atomic mass is 10.1. The largest absolute Gasteiger partial charge is 0.481 e. The molecule has 0 aliphatic rings. The molecule has 3 nitrogen and oxygen atoms in total. The Hall–Kier alpha value is -1.59. The highest BCUT2D eigenvalue weighted by Gasteiger charge is 2.17. The number of halogens is 3. The number of carboxylic acid groups (broad SMARTS) is 1. The number of nitrogens with zero attached hydrogens (tertiary/aromatic N) is 1. The summed E-state index contributed by atoms with van der Waals surface area (Å²) in [5.41, 5.74) is -0.597. The van der Waals surface area contributed by atoms with Crippen molar-refractivity contribution in [1.82, 2.24) is 4.98 Å². The third-order valence-corrected chi connectivity index (χ3v) is 1.85. The highest BCUT2D eigenvalue weighted by molar-refractivity contribution is 5.70. The molecule has 6 heteroatoms. The molecule has 0 fully saturated rings. The van der Waals surface area contributed by atoms with Crippen molar-refractivity contribution in [2.75, 3.05) is 0 Å². The van der Waals surface area contributed by atoms with Crippen molar-refractivity contribution in [2.24, 2.45) is 0 Å². The Bertz CT molecular complexity index is 393. The fourth-order valence-corrected chi connectivity index (χ4v) is 1.12. The molecule has 0 bridgehead atoms. The Balaban J connectivity index is 3.13. The Morgan fingerprint density at radius 1 is 1.60 bits per heavy atom. The second-order valence-electron chi connectivity index (χ2n) is 3.00. The first-order valence-corrected chi connectivity index (χ1v) is 4.07. The number of aryl methyl sites for hydroxylation is 1. The molecule has 0 spiro atoms. The molecule has 0 aliphatic carbocycles. The van der Waals surface area contributed by atoms with Crippen molar-refractivity contribution in [3.63, 3.8) is 0 Å². The maximum absolute atomic E-state index is 12.9. The Kier molecular flexibility index (Phi) is 3.28. The molecule has 15 heavy (non-hydrogen) atoms. The van der Waals surface area contributed by atoms with Crippen LogP contribution in [0.1, 0.15) is 23.2 Å². The summed E-state index contributed by atoms with van der Waals surface area (Å²) < 4.78 is 37.4. The first kappa shape index (κ1) is 11.5. The Morgan fingerprint density at radius 3 is 2.67 bits per heavy atom. The van der Waals surface area contributed by atoms with Crippen LogP contribution in [0.25, 0.3) is 0 Å². The minimum Gasteiger partial charge on any atom is -0.481 e. The average Bonchev–Trinajstić information content (AvgIpc) is 2.09. The Labute approximate surface area is 83.6 Å². The molecule has 1 heterocycles. The third kappa shape index (κ3) is 2.68. The number of rotatable bonds is 3. The van der Waals surface area contributed by atoms with Gasteiger partial charge in [0.25, 0.3) is 6.43 Å². The van der Waals surface area contributed by atoms with Crippen molar-refractivity contribution in [2.45, 2.75) is 19.8 Å². The predicted octanol–water partition coefficient (Wildman–Crippen LogP) is 2.09. The van der Waals surface area contributed by atoms with E-state index in [-0.39, 0.29) is 11.3 Å². The van der Waals surface area contributed by atoms with Gasteiger partial charge in [-0.2, -0.15) is 4.39 Å². The Morgan fingerprint density at radius 2 is 2.20 bits per heavy atom. The number of carbonyl (C=O) groups is 1. The topological polar surface area (TPSA) is 50.2 Å². The SMILES string of the molecule is Cc1cc(C(F)F)c(F)nc1CC(=O)O. The summed E-state index contributed by atoms with van der Waals surface area (Å²) in [5.74, 6) is -2.50. The van der Waals surface area contributed by atoms with Crippen molar-refractivity contribution in [1.29, 1.82) is 0 Å². The van der Waals surface area contributed by atoms with Crippen LogP contribution in [0.3, 0.4) is 0 Å². The zero-order valence-electron chi connectivity index (χ0n) is 7.80. The van der Waals surface area contributed by atoms with Crippen LogP contribution < -0.4 is 0 Å². The summed E-state index contributed by atoms with van der Waals surface area (Å²) in [7, 11) is 0. The van der Waals surface area contributed by atoms with Gasteiger partial charge in [0.2, 0.25) is 5.95 Å². The maximum Gasteiger partial charge on any atom is 0.309 e. The van der Waals surface area contributed by atoms with Gasteiger partial charge in [0.1, 0.15) is 0 Å². The van der Waals surface area contributed by atoms with Crippen molar-refractivity contribution in [3.05, 3.63) is 28.8 Å². The minimum absolute atomic E-state index is 0.0376. The molecule has 0 saturated carbocycles. The molecule has 82 valence electrons. The molecule has 0 amide bonds. The average molecular weight is 219 g/mol. The second-order valence-corrected chi connectivity index (χ2v) is 3.00. The van der Waals surface area contributed by atoms with Crippen LogP contribution in [0.15, 0.2) is 6.07 Å². The standard InChI is InChI=1S/C9H8F3NO2/c1-4-2-5(8(10)11)9(12)13-6(4)3-7(14)15/h2,8H,3H2,1H3,(H,14,15). The molecule has 1 aromatic heterocycles. The molecule has 0 unspecified atom stereocenters. The molecule has 1 rings (SSSR count). The van der Waals surface area contributed by atoms with E-state index in [1.807, 2.05) is 0 Å². The summed E-state index contributed by atoms with van der Waals surface area (Å²) in [6.45, 7) is 1.41. The van der Waals surface area contributed by atoms with Gasteiger partial charge in [-0.3, -0.25) is 4.79 Å². The summed E-state index contributed by atoms with van der Waals surface area (Å²) in [6, 6.07) is 0.922. The molecule has 0 saturated heterocycles. The second kappa shape index (κ2) is 4.29. The number of hydrogen-bond donors (Lipinski definition) is 1. The highest BCUT2D eigenvalue weighted by atomic mass is 19.3. The molecule has 1 aromatic rings. The minimum atomic E-state index is -2.95. The predicted molar refractivity (Wildman–Crippen MR) is 45.2 cm³/mol. The fraction of sp³-hybridized carbons (Fsp3) is 0.333. The zero-order chi connectivity index (χ0) is 11.6. The van der Waals surface area contributed by atoms with Gasteiger partial charge in [-0.25, -0.2) is 13.8 Å². The van der Waals surface area contributed by atoms with Crippen LogP contribution in [-0.2, 0) is 11.2 Å². The van der Waals surface area contributed by atoms with Gasteiger partial charge in [0.05, 0.1) is 17.7 Å². The van der Waals surface area contributed by atoms with Crippen LogP contribution in [0, 0.1) is 12.9 Å². The van der Waals surface area contributed by atoms with Crippen LogP contribution >= 0.6 is 0 Å². The number of aromatic nitrogens is 1. The van der Waals surface area contributed by atoms with Gasteiger partial charge in [-0.05, 0) is 18.6 Å². The molecular formula is C9H8F3NO2. The molecule has 0 aliphatic heterocycles. The van der Waals surface area contributed by atoms with Crippen molar-refractivity contribution in [3.8, 4) is 0 Å². The van der Waals surface area contributed by atoms with Crippen LogP contribution in [0.2, 0.25) is 0 Å². The monoisotopic (exact) mass is 219 g/mol. The first-order chi connectivity index (χ1) is 6.91. The van der Waals surface area contributed by atoms with E-state index in [0.29, 0.717) is 0 Å². The quantitative estimate of drug-likeness (QED) is 0.792. The van der Waals surface area contributed by atoms with E-state index < -0.39 is 30.3 Å². The summed E-state index contributed by atoms with van der Waals surface area (Å²) in [6.07, 6.45) is -3.43. The van der Waals surface area contributed by atoms with E-state index in [4.69, 9.17) is 5.11 Å². The van der Waals surface area contributed by atoms with E-state index in [9.17, 15) is 18.0 Å². The van der Waals surface area contributed by atoms with Crippen LogP contribution in [0.4, 0.5) is 13.2 Å². The number of alkyl halides is 2. The van der Waals surface area contributed by atoms with Crippen molar-refractivity contribution < 1.29 is 23.1 Å². The zero-order valence-corrected chi connectivity index (χ0v) is 7.80. The molecule has 0 aromatic carbocycles. The fourth-order valence-electron chi connectivity index (χ4n) is 1.12. The van der Waals surface area contributed by atoms with Crippen LogP contribution in [-0.4, -0.2) is 16.1 Å². The summed E-state index contributed by atoms with van der Waals surface area (Å²) in [4.78, 5) is 13.5. The summed E-state index contributed by atoms with van der Waals surface area (Å²) in [5, 5.41) is 8.45. The lowest BCUT2D eigenvalue weighted by Gasteiger charge is -2.06. The van der Waals surface area contributed by atoms with Gasteiger partial charge in [-0.15, -0.1) is 0 Å². The first-order valence-electron chi connectivity index (χ1n) is 4.07. The van der Waals surface area contributed by atoms with Gasteiger partial charge in [0.15, 0.2) is 0 Å². The van der Waals surface area contributed by atoms with E-state index >= 15 is 0 Å². The van der Waals surface area contributed by atoms with Crippen LogP contribution in [0.5, 0.6) is 0 Å². The third-order valence-electron chi connectivity index (χ3n) is 1.85. The summed E-state index contributed by atoms with van der Waals surface area (Å²) >= 11 is 0. The molecule has 0 atom stereocenters. The highest BCUT2D eigenvalue weighted by Crippen LogP contribution is 2.23. The van der Waals surface area contributed by atoms with Crippen molar-refractivity contribution >= 4 is 5.97 Å². The van der Waals surface area contributed by atoms with Gasteiger partial charge in [-0.1, -0.05) is 0 Å². The number of hydrogen-bond acceptors (Lipinski definition) is 2. The molecule has 1 N–H and O–H groups in total. The number of carboxylic acids is 1. The number of aliphatic carboxylic acids is 1. The van der Waals surface area contributed by atoms with Gasteiger partial charge >= 0.3 is 5.97 Å². The maximum atomic E-state index is 12.9. The molecule has 0 radical (unpaired) electrons. The van der Waals surface area contributed by atoms with E-state index in [2.05, 4.69) is 4.98 Å². The van der Waals surface area contributed by atoms with E-state index in [1.165, 1.54) is 6.92 Å². The lowest BCUT2D eigenvalue weighted by molar-refractivity contribution is -0.136. The normalized spacial score (nSPS) is 10.7. The smallest absolute Gasteiger partial charge is 0.309 e. The van der Waals surface area contributed by atoms with E-state index in [0.717, 1.165) is 6.07 Å². The van der Waals surface area contributed by atoms with E-state index in [1.54, 1.807) is 0 Å². The number of pyridine rings is 1. The lowest BCUT2D eigenvalue weighted by Crippen LogP contribution is -2.08.